The maximum atomic E-state index is 11.8. The fourth-order valence-electron chi connectivity index (χ4n) is 3.02. The van der Waals surface area contributed by atoms with Gasteiger partial charge in [0.25, 0.3) is 0 Å². The molecule has 2 heterocycles. The number of para-hydroxylation sites is 1. The van der Waals surface area contributed by atoms with Crippen LogP contribution in [0.5, 0.6) is 0 Å². The van der Waals surface area contributed by atoms with E-state index in [9.17, 15) is 9.90 Å². The van der Waals surface area contributed by atoms with Crippen LogP contribution in [0.3, 0.4) is 0 Å². The molecule has 6 heteroatoms. The molecular weight excluding hydrogens is 330 g/mol. The normalized spacial score (nSPS) is 12.3. The molecular formula is C20H17N3O3. The summed E-state index contributed by atoms with van der Waals surface area (Å²) >= 11 is 0. The minimum atomic E-state index is -0.950. The average molecular weight is 347 g/mol. The Morgan fingerprint density at radius 2 is 1.85 bits per heavy atom. The number of nitrogens with one attached hydrogen (secondary N) is 1. The van der Waals surface area contributed by atoms with E-state index in [-0.39, 0.29) is 0 Å². The number of benzene rings is 2. The van der Waals surface area contributed by atoms with Crippen LogP contribution in [-0.2, 0) is 11.2 Å². The van der Waals surface area contributed by atoms with Crippen LogP contribution in [0.25, 0.3) is 22.1 Å². The van der Waals surface area contributed by atoms with E-state index in [0.717, 1.165) is 10.9 Å². The number of carbonyl (C=O) groups is 1. The lowest BCUT2D eigenvalue weighted by Crippen LogP contribution is -2.32. The van der Waals surface area contributed by atoms with Crippen molar-refractivity contribution in [3.63, 3.8) is 0 Å². The largest absolute Gasteiger partial charge is 0.480 e. The molecule has 2 aromatic carbocycles. The summed E-state index contributed by atoms with van der Waals surface area (Å²) in [5, 5.41) is 13.5. The first-order valence-electron chi connectivity index (χ1n) is 8.31. The summed E-state index contributed by atoms with van der Waals surface area (Å²) in [7, 11) is 0. The molecule has 0 saturated carbocycles. The van der Waals surface area contributed by atoms with E-state index in [4.69, 9.17) is 4.42 Å². The Morgan fingerprint density at radius 3 is 2.62 bits per heavy atom. The van der Waals surface area contributed by atoms with Gasteiger partial charge in [-0.15, -0.1) is 0 Å². The summed E-state index contributed by atoms with van der Waals surface area (Å²) in [6.45, 7) is 1.78. The second-order valence-corrected chi connectivity index (χ2v) is 6.12. The fourth-order valence-corrected chi connectivity index (χ4v) is 3.02. The number of hydrogen-bond acceptors (Lipinski definition) is 5. The van der Waals surface area contributed by atoms with Gasteiger partial charge < -0.3 is 14.8 Å². The predicted molar refractivity (Wildman–Crippen MR) is 99.2 cm³/mol. The lowest BCUT2D eigenvalue weighted by Gasteiger charge is -2.15. The molecule has 0 unspecified atom stereocenters. The molecule has 0 aliphatic rings. The molecule has 1 atom stereocenters. The summed E-state index contributed by atoms with van der Waals surface area (Å²) in [4.78, 5) is 20.6. The van der Waals surface area contributed by atoms with E-state index in [1.54, 1.807) is 6.92 Å². The highest BCUT2D eigenvalue weighted by atomic mass is 16.4. The fraction of sp³-hybridized carbons (Fsp3) is 0.150. The van der Waals surface area contributed by atoms with Crippen molar-refractivity contribution in [2.24, 2.45) is 0 Å². The van der Waals surface area contributed by atoms with Gasteiger partial charge in [0.15, 0.2) is 11.4 Å². The molecule has 6 nitrogen and oxygen atoms in total. The van der Waals surface area contributed by atoms with Crippen molar-refractivity contribution in [2.75, 3.05) is 5.32 Å². The second-order valence-electron chi connectivity index (χ2n) is 6.12. The number of aryl methyl sites for hydroxylation is 1. The first kappa shape index (κ1) is 16.1. The highest BCUT2D eigenvalue weighted by molar-refractivity contribution is 6.05. The first-order chi connectivity index (χ1) is 12.6. The van der Waals surface area contributed by atoms with Crippen molar-refractivity contribution in [3.8, 4) is 0 Å². The topological polar surface area (TPSA) is 88.2 Å². The predicted octanol–water partition coefficient (Wildman–Crippen LogP) is 3.79. The summed E-state index contributed by atoms with van der Waals surface area (Å²) in [5.74, 6) is -0.00295. The van der Waals surface area contributed by atoms with Gasteiger partial charge >= 0.3 is 5.97 Å². The quantitative estimate of drug-likeness (QED) is 0.571. The molecule has 0 amide bonds. The zero-order valence-electron chi connectivity index (χ0n) is 14.1. The lowest BCUT2D eigenvalue weighted by molar-refractivity contribution is -0.137. The molecule has 0 saturated heterocycles. The van der Waals surface area contributed by atoms with E-state index < -0.39 is 12.0 Å². The summed E-state index contributed by atoms with van der Waals surface area (Å²) in [6.07, 6.45) is 0.334. The number of hydrogen-bond donors (Lipinski definition) is 2. The maximum Gasteiger partial charge on any atom is 0.326 e. The van der Waals surface area contributed by atoms with Crippen LogP contribution in [0.2, 0.25) is 0 Å². The Hall–Kier alpha value is -3.41. The monoisotopic (exact) mass is 347 g/mol. The van der Waals surface area contributed by atoms with E-state index >= 15 is 0 Å². The van der Waals surface area contributed by atoms with Crippen LogP contribution in [-0.4, -0.2) is 27.1 Å². The van der Waals surface area contributed by atoms with Crippen molar-refractivity contribution >= 4 is 33.9 Å². The molecule has 4 rings (SSSR count). The number of fused-ring (bicyclic) bond motifs is 3. The Balaban J connectivity index is 1.76. The Bertz CT molecular complexity index is 1090. The number of carboxylic acid groups (broad SMARTS) is 1. The summed E-state index contributed by atoms with van der Waals surface area (Å²) in [6, 6.07) is 16.2. The zero-order valence-corrected chi connectivity index (χ0v) is 14.1. The Labute approximate surface area is 149 Å². The average Bonchev–Trinajstić information content (AvgIpc) is 3.01. The third-order valence-electron chi connectivity index (χ3n) is 4.22. The smallest absolute Gasteiger partial charge is 0.326 e. The highest BCUT2D eigenvalue weighted by Gasteiger charge is 2.22. The minimum absolute atomic E-state index is 0.334. The first-order valence-corrected chi connectivity index (χ1v) is 8.31. The molecule has 0 bridgehead atoms. The van der Waals surface area contributed by atoms with E-state index in [1.807, 2.05) is 54.6 Å². The molecule has 4 aromatic rings. The standard InChI is InChI=1S/C20H17N3O3/c1-12-21-17-14-9-5-6-10-16(14)26-18(17)19(22-12)23-15(20(24)25)11-13-7-3-2-4-8-13/h2-10,15H,11H2,1H3,(H,24,25)(H,21,22,23)/t15-/m1/s1. The van der Waals surface area contributed by atoms with Crippen LogP contribution < -0.4 is 5.32 Å². The number of aliphatic carboxylic acids is 1. The number of nitrogens with zero attached hydrogens (tertiary/aromatic N) is 2. The molecule has 130 valence electrons. The highest BCUT2D eigenvalue weighted by Crippen LogP contribution is 2.31. The van der Waals surface area contributed by atoms with Gasteiger partial charge in [0.05, 0.1) is 0 Å². The second kappa shape index (κ2) is 6.48. The number of anilines is 1. The van der Waals surface area contributed by atoms with Gasteiger partial charge in [0.1, 0.15) is 23.0 Å². The van der Waals surface area contributed by atoms with Gasteiger partial charge in [0, 0.05) is 11.8 Å². The van der Waals surface area contributed by atoms with Gasteiger partial charge in [-0.25, -0.2) is 14.8 Å². The molecule has 0 fully saturated rings. The number of aromatic nitrogens is 2. The number of furan rings is 1. The Kier molecular flexibility index (Phi) is 4.01. The molecule has 0 radical (unpaired) electrons. The molecule has 2 N–H and O–H groups in total. The zero-order chi connectivity index (χ0) is 18.1. The van der Waals surface area contributed by atoms with Crippen molar-refractivity contribution in [2.45, 2.75) is 19.4 Å². The van der Waals surface area contributed by atoms with Crippen LogP contribution >= 0.6 is 0 Å². The van der Waals surface area contributed by atoms with Gasteiger partial charge in [-0.05, 0) is 24.6 Å². The molecule has 0 aliphatic heterocycles. The van der Waals surface area contributed by atoms with Crippen molar-refractivity contribution in [3.05, 3.63) is 66.0 Å². The van der Waals surface area contributed by atoms with E-state index in [2.05, 4.69) is 15.3 Å². The minimum Gasteiger partial charge on any atom is -0.480 e. The van der Waals surface area contributed by atoms with Gasteiger partial charge in [-0.2, -0.15) is 0 Å². The Morgan fingerprint density at radius 1 is 1.12 bits per heavy atom. The van der Waals surface area contributed by atoms with Crippen LogP contribution in [0.4, 0.5) is 5.82 Å². The van der Waals surface area contributed by atoms with Crippen molar-refractivity contribution in [1.29, 1.82) is 0 Å². The summed E-state index contributed by atoms with van der Waals surface area (Å²) < 4.78 is 5.89. The van der Waals surface area contributed by atoms with Crippen LogP contribution in [0.1, 0.15) is 11.4 Å². The molecule has 26 heavy (non-hydrogen) atoms. The molecule has 2 aromatic heterocycles. The number of carboxylic acids is 1. The van der Waals surface area contributed by atoms with E-state index in [0.29, 0.717) is 34.7 Å². The van der Waals surface area contributed by atoms with Crippen molar-refractivity contribution in [1.82, 2.24) is 9.97 Å². The van der Waals surface area contributed by atoms with Gasteiger partial charge in [-0.3, -0.25) is 0 Å². The number of rotatable bonds is 5. The maximum absolute atomic E-state index is 11.8. The van der Waals surface area contributed by atoms with E-state index in [1.165, 1.54) is 0 Å². The van der Waals surface area contributed by atoms with Crippen LogP contribution in [0, 0.1) is 6.92 Å². The third-order valence-corrected chi connectivity index (χ3v) is 4.22. The van der Waals surface area contributed by atoms with Crippen molar-refractivity contribution < 1.29 is 14.3 Å². The third kappa shape index (κ3) is 2.97. The lowest BCUT2D eigenvalue weighted by atomic mass is 10.1. The SMILES string of the molecule is Cc1nc(N[C@H](Cc2ccccc2)C(=O)O)c2oc3ccccc3c2n1. The molecule has 0 aliphatic carbocycles. The van der Waals surface area contributed by atoms with Crippen LogP contribution in [0.15, 0.2) is 59.0 Å². The van der Waals surface area contributed by atoms with Gasteiger partial charge in [0.2, 0.25) is 0 Å². The molecule has 0 spiro atoms. The summed E-state index contributed by atoms with van der Waals surface area (Å²) in [5.41, 5.74) is 2.77. The van der Waals surface area contributed by atoms with Gasteiger partial charge in [-0.1, -0.05) is 42.5 Å².